The predicted molar refractivity (Wildman–Crippen MR) is 76.8 cm³/mol. The summed E-state index contributed by atoms with van der Waals surface area (Å²) in [7, 11) is 1.65. The highest BCUT2D eigenvalue weighted by atomic mass is 16.5. The van der Waals surface area contributed by atoms with E-state index >= 15 is 0 Å². The molecule has 1 aromatic carbocycles. The van der Waals surface area contributed by atoms with Crippen molar-refractivity contribution in [3.8, 4) is 5.75 Å². The van der Waals surface area contributed by atoms with Gasteiger partial charge in [0.05, 0.1) is 6.61 Å². The molecule has 0 fully saturated rings. The van der Waals surface area contributed by atoms with Crippen molar-refractivity contribution < 1.29 is 14.6 Å². The Labute approximate surface area is 115 Å². The van der Waals surface area contributed by atoms with E-state index in [4.69, 9.17) is 9.47 Å². The van der Waals surface area contributed by atoms with Crippen LogP contribution in [0.4, 0.5) is 0 Å². The quantitative estimate of drug-likeness (QED) is 0.670. The van der Waals surface area contributed by atoms with Crippen LogP contribution in [0.2, 0.25) is 0 Å². The molecule has 1 atom stereocenters. The monoisotopic (exact) mass is 267 g/mol. The third kappa shape index (κ3) is 6.57. The van der Waals surface area contributed by atoms with Gasteiger partial charge in [-0.1, -0.05) is 26.0 Å². The topological polar surface area (TPSA) is 50.7 Å². The average molecular weight is 267 g/mol. The Balaban J connectivity index is 2.24. The molecule has 0 saturated carbocycles. The van der Waals surface area contributed by atoms with E-state index in [9.17, 15) is 5.11 Å². The fourth-order valence-electron chi connectivity index (χ4n) is 1.64. The minimum atomic E-state index is -0.512. The van der Waals surface area contributed by atoms with Crippen molar-refractivity contribution >= 4 is 0 Å². The second kappa shape index (κ2) is 8.91. The van der Waals surface area contributed by atoms with Crippen molar-refractivity contribution in [3.05, 3.63) is 29.8 Å². The molecule has 19 heavy (non-hydrogen) atoms. The number of ether oxygens (including phenoxy) is 2. The zero-order valence-corrected chi connectivity index (χ0v) is 12.1. The lowest BCUT2D eigenvalue weighted by Gasteiger charge is -2.13. The van der Waals surface area contributed by atoms with E-state index in [1.807, 2.05) is 12.1 Å². The molecule has 0 aromatic heterocycles. The molecule has 4 heteroatoms. The third-order valence-corrected chi connectivity index (χ3v) is 2.85. The molecule has 0 saturated heterocycles. The fraction of sp³-hybridized carbons (Fsp3) is 0.600. The van der Waals surface area contributed by atoms with Crippen molar-refractivity contribution in [1.82, 2.24) is 5.32 Å². The van der Waals surface area contributed by atoms with Gasteiger partial charge in [0.15, 0.2) is 0 Å². The first-order valence-electron chi connectivity index (χ1n) is 6.74. The van der Waals surface area contributed by atoms with Gasteiger partial charge < -0.3 is 19.9 Å². The van der Waals surface area contributed by atoms with Crippen LogP contribution < -0.4 is 10.1 Å². The Hall–Kier alpha value is -1.10. The maximum atomic E-state index is 9.72. The molecule has 0 radical (unpaired) electrons. The number of hydrogen-bond acceptors (Lipinski definition) is 4. The van der Waals surface area contributed by atoms with E-state index in [1.165, 1.54) is 5.56 Å². The Kier molecular flexibility index (Phi) is 7.48. The molecule has 0 aliphatic carbocycles. The highest BCUT2D eigenvalue weighted by Crippen LogP contribution is 2.18. The molecule has 0 heterocycles. The summed E-state index contributed by atoms with van der Waals surface area (Å²) in [6, 6.07) is 8.01. The first kappa shape index (κ1) is 16.0. The third-order valence-electron chi connectivity index (χ3n) is 2.85. The van der Waals surface area contributed by atoms with Crippen LogP contribution >= 0.6 is 0 Å². The van der Waals surface area contributed by atoms with E-state index < -0.39 is 6.10 Å². The van der Waals surface area contributed by atoms with Crippen LogP contribution in [0.15, 0.2) is 24.3 Å². The molecule has 0 unspecified atom stereocenters. The van der Waals surface area contributed by atoms with Crippen molar-refractivity contribution in [2.24, 2.45) is 0 Å². The van der Waals surface area contributed by atoms with Gasteiger partial charge in [-0.05, 0) is 23.6 Å². The second-order valence-corrected chi connectivity index (χ2v) is 4.89. The fourth-order valence-corrected chi connectivity index (χ4v) is 1.64. The highest BCUT2D eigenvalue weighted by molar-refractivity contribution is 5.28. The summed E-state index contributed by atoms with van der Waals surface area (Å²) in [6.07, 6.45) is -0.512. The van der Waals surface area contributed by atoms with Crippen molar-refractivity contribution in [2.45, 2.75) is 25.9 Å². The molecular formula is C15H25NO3. The molecule has 0 bridgehead atoms. The van der Waals surface area contributed by atoms with E-state index in [0.717, 1.165) is 12.3 Å². The lowest BCUT2D eigenvalue weighted by Crippen LogP contribution is -2.33. The lowest BCUT2D eigenvalue weighted by atomic mass is 10.0. The van der Waals surface area contributed by atoms with Gasteiger partial charge in [0, 0.05) is 20.2 Å². The van der Waals surface area contributed by atoms with Crippen molar-refractivity contribution in [2.75, 3.05) is 33.4 Å². The van der Waals surface area contributed by atoms with Crippen LogP contribution in [-0.2, 0) is 4.74 Å². The first-order valence-corrected chi connectivity index (χ1v) is 6.74. The zero-order chi connectivity index (χ0) is 14.1. The molecule has 0 amide bonds. The van der Waals surface area contributed by atoms with Gasteiger partial charge in [-0.15, -0.1) is 0 Å². The summed E-state index contributed by atoms with van der Waals surface area (Å²) < 4.78 is 10.4. The number of rotatable bonds is 9. The van der Waals surface area contributed by atoms with Crippen LogP contribution in [0.25, 0.3) is 0 Å². The Morgan fingerprint density at radius 1 is 1.21 bits per heavy atom. The van der Waals surface area contributed by atoms with Gasteiger partial charge in [-0.25, -0.2) is 0 Å². The molecule has 1 rings (SSSR count). The van der Waals surface area contributed by atoms with E-state index in [-0.39, 0.29) is 0 Å². The molecule has 0 spiro atoms. The normalized spacial score (nSPS) is 12.7. The molecule has 2 N–H and O–H groups in total. The number of aliphatic hydroxyl groups excluding tert-OH is 1. The minimum Gasteiger partial charge on any atom is -0.491 e. The summed E-state index contributed by atoms with van der Waals surface area (Å²) in [5, 5.41) is 12.8. The molecular weight excluding hydrogens is 242 g/mol. The lowest BCUT2D eigenvalue weighted by molar-refractivity contribution is 0.103. The molecule has 4 nitrogen and oxygen atoms in total. The number of aliphatic hydroxyl groups is 1. The second-order valence-electron chi connectivity index (χ2n) is 4.89. The highest BCUT2D eigenvalue weighted by Gasteiger charge is 2.05. The Morgan fingerprint density at radius 2 is 1.89 bits per heavy atom. The standard InChI is InChI=1S/C15H25NO3/c1-12(2)13-4-6-15(7-5-13)19-11-14(17)10-16-8-9-18-3/h4-7,12,14,16-17H,8-11H2,1-3H3/t14-/m0/s1. The zero-order valence-electron chi connectivity index (χ0n) is 12.1. The minimum absolute atomic E-state index is 0.293. The SMILES string of the molecule is COCCNC[C@H](O)COc1ccc(C(C)C)cc1. The number of benzene rings is 1. The molecule has 108 valence electrons. The van der Waals surface area contributed by atoms with Crippen LogP contribution in [0.1, 0.15) is 25.3 Å². The summed E-state index contributed by atoms with van der Waals surface area (Å²) in [5.74, 6) is 1.31. The molecule has 0 aliphatic rings. The van der Waals surface area contributed by atoms with Gasteiger partial charge in [-0.2, -0.15) is 0 Å². The molecule has 1 aromatic rings. The van der Waals surface area contributed by atoms with Crippen LogP contribution in [-0.4, -0.2) is 44.6 Å². The predicted octanol–water partition coefficient (Wildman–Crippen LogP) is 1.79. The Morgan fingerprint density at radius 3 is 2.47 bits per heavy atom. The summed E-state index contributed by atoms with van der Waals surface area (Å²) >= 11 is 0. The van der Waals surface area contributed by atoms with Gasteiger partial charge in [0.1, 0.15) is 18.5 Å². The number of hydrogen-bond donors (Lipinski definition) is 2. The summed E-state index contributed by atoms with van der Waals surface area (Å²) in [6.45, 7) is 6.49. The molecule has 0 aliphatic heterocycles. The van der Waals surface area contributed by atoms with E-state index in [0.29, 0.717) is 25.7 Å². The van der Waals surface area contributed by atoms with Gasteiger partial charge in [-0.3, -0.25) is 0 Å². The maximum absolute atomic E-state index is 9.72. The summed E-state index contributed by atoms with van der Waals surface area (Å²) in [5.41, 5.74) is 1.29. The first-order chi connectivity index (χ1) is 9.13. The maximum Gasteiger partial charge on any atom is 0.119 e. The van der Waals surface area contributed by atoms with Crippen LogP contribution in [0.5, 0.6) is 5.75 Å². The van der Waals surface area contributed by atoms with Gasteiger partial charge >= 0.3 is 0 Å². The van der Waals surface area contributed by atoms with Crippen molar-refractivity contribution in [3.63, 3.8) is 0 Å². The average Bonchev–Trinajstić information content (AvgIpc) is 2.42. The van der Waals surface area contributed by atoms with Gasteiger partial charge in [0.2, 0.25) is 0 Å². The number of nitrogens with one attached hydrogen (secondary N) is 1. The summed E-state index contributed by atoms with van der Waals surface area (Å²) in [4.78, 5) is 0. The Bertz CT molecular complexity index is 338. The van der Waals surface area contributed by atoms with Crippen LogP contribution in [0, 0.1) is 0 Å². The van der Waals surface area contributed by atoms with E-state index in [1.54, 1.807) is 7.11 Å². The largest absolute Gasteiger partial charge is 0.491 e. The van der Waals surface area contributed by atoms with E-state index in [2.05, 4.69) is 31.3 Å². The van der Waals surface area contributed by atoms with Crippen molar-refractivity contribution in [1.29, 1.82) is 0 Å². The van der Waals surface area contributed by atoms with Gasteiger partial charge in [0.25, 0.3) is 0 Å². The number of methoxy groups -OCH3 is 1. The van der Waals surface area contributed by atoms with Crippen LogP contribution in [0.3, 0.4) is 0 Å². The smallest absolute Gasteiger partial charge is 0.119 e.